The fourth-order valence-corrected chi connectivity index (χ4v) is 6.93. The number of fused-ring (bicyclic) bond motifs is 2. The normalized spacial score (nSPS) is 19.8. The van der Waals surface area contributed by atoms with Crippen LogP contribution in [0, 0.1) is 11.6 Å². The first kappa shape index (κ1) is 26.7. The van der Waals surface area contributed by atoms with Crippen LogP contribution in [0.3, 0.4) is 0 Å². The van der Waals surface area contributed by atoms with Crippen LogP contribution in [0.2, 0.25) is 0 Å². The Kier molecular flexibility index (Phi) is 6.88. The van der Waals surface area contributed by atoms with E-state index in [-0.39, 0.29) is 36.6 Å². The molecule has 0 amide bonds. The molecule has 1 atom stereocenters. The van der Waals surface area contributed by atoms with Gasteiger partial charge in [0.1, 0.15) is 47.4 Å². The van der Waals surface area contributed by atoms with E-state index in [4.69, 9.17) is 19.6 Å². The summed E-state index contributed by atoms with van der Waals surface area (Å²) in [4.78, 5) is 9.52. The molecule has 0 bridgehead atoms. The van der Waals surface area contributed by atoms with Crippen LogP contribution in [0.15, 0.2) is 29.6 Å². The number of methoxy groups -OCH3 is 1. The molecule has 0 saturated carbocycles. The summed E-state index contributed by atoms with van der Waals surface area (Å²) in [5, 5.41) is 11.2. The van der Waals surface area contributed by atoms with Crippen LogP contribution < -0.4 is 15.0 Å². The molecule has 8 nitrogen and oxygen atoms in total. The minimum absolute atomic E-state index is 0.0895. The Labute approximate surface area is 239 Å². The van der Waals surface area contributed by atoms with E-state index in [0.717, 1.165) is 47.3 Å². The minimum Gasteiger partial charge on any atom is -0.490 e. The molecule has 2 saturated heterocycles. The lowest BCUT2D eigenvalue weighted by atomic mass is 9.97. The number of benzene rings is 1. The first-order valence-corrected chi connectivity index (χ1v) is 14.8. The van der Waals surface area contributed by atoms with Crippen molar-refractivity contribution < 1.29 is 22.6 Å². The number of alkyl halides is 1. The Morgan fingerprint density at radius 2 is 1.93 bits per heavy atom. The maximum absolute atomic E-state index is 15.8. The number of nitrogens with one attached hydrogen (secondary N) is 1. The predicted molar refractivity (Wildman–Crippen MR) is 152 cm³/mol. The molecule has 0 radical (unpaired) electrons. The van der Waals surface area contributed by atoms with Crippen molar-refractivity contribution in [1.29, 1.82) is 0 Å². The van der Waals surface area contributed by atoms with Crippen molar-refractivity contribution >= 4 is 27.2 Å². The number of thiophene rings is 1. The lowest BCUT2D eigenvalue weighted by Crippen LogP contribution is -2.66. The van der Waals surface area contributed by atoms with E-state index in [1.165, 1.54) is 17.4 Å². The van der Waals surface area contributed by atoms with Gasteiger partial charge in [-0.05, 0) is 24.4 Å². The van der Waals surface area contributed by atoms with Gasteiger partial charge in [-0.1, -0.05) is 0 Å². The molecule has 3 aliphatic rings. The van der Waals surface area contributed by atoms with E-state index in [1.54, 1.807) is 7.11 Å². The highest BCUT2D eigenvalue weighted by atomic mass is 32.1. The average molecular weight is 585 g/mol. The quantitative estimate of drug-likeness (QED) is 0.303. The maximum Gasteiger partial charge on any atom is 0.138 e. The number of hydrogen-bond donors (Lipinski definition) is 1. The fraction of sp³-hybridized carbons (Fsp3) is 0.448. The molecule has 2 fully saturated rings. The molecule has 0 unspecified atom stereocenters. The third-order valence-electron chi connectivity index (χ3n) is 8.22. The van der Waals surface area contributed by atoms with Crippen LogP contribution in [-0.2, 0) is 11.3 Å². The Balaban J connectivity index is 1.40. The molecule has 12 heteroatoms. The Hall–Kier alpha value is -3.19. The average Bonchev–Trinajstić information content (AvgIpc) is 3.55. The summed E-state index contributed by atoms with van der Waals surface area (Å²) in [5.41, 5.74) is 2.83. The van der Waals surface area contributed by atoms with E-state index < -0.39 is 17.8 Å². The molecule has 0 aliphatic carbocycles. The van der Waals surface area contributed by atoms with Crippen LogP contribution in [0.4, 0.5) is 19.0 Å². The SMILES string of the molecule is COCCOc1cc(F)cc(F)c1-c1c(-c2cc3n(n2)CCN[C@@H]3C)nc(N2CC(N3CC(F)C3)C2)c2ccsc12. The van der Waals surface area contributed by atoms with Crippen molar-refractivity contribution in [3.8, 4) is 28.3 Å². The van der Waals surface area contributed by atoms with E-state index >= 15 is 4.39 Å². The van der Waals surface area contributed by atoms with Crippen LogP contribution in [0.1, 0.15) is 18.7 Å². The van der Waals surface area contributed by atoms with Gasteiger partial charge in [0.05, 0.1) is 24.4 Å². The van der Waals surface area contributed by atoms with Gasteiger partial charge in [-0.3, -0.25) is 9.58 Å². The molecule has 0 spiro atoms. The molecule has 7 rings (SSSR count). The standard InChI is InChI=1S/C29H31F3N6O2S/c1-16-23-11-22(35-38(23)5-4-33-16)27-26(25-21(32)9-17(30)10-24(25)40-7-6-39-2)28-20(3-8-41-28)29(34-27)37-14-19(15-37)36-12-18(31)13-36/h3,8-11,16,18-19,33H,4-7,12-15H2,1-2H3/t16-/m1/s1. The van der Waals surface area contributed by atoms with Crippen molar-refractivity contribution in [3.63, 3.8) is 0 Å². The van der Waals surface area contributed by atoms with Crippen molar-refractivity contribution in [2.45, 2.75) is 31.7 Å². The highest BCUT2D eigenvalue weighted by Gasteiger charge is 2.40. The van der Waals surface area contributed by atoms with Gasteiger partial charge in [0.25, 0.3) is 0 Å². The largest absolute Gasteiger partial charge is 0.490 e. The summed E-state index contributed by atoms with van der Waals surface area (Å²) in [5.74, 6) is -0.580. The van der Waals surface area contributed by atoms with Crippen LogP contribution in [0.25, 0.3) is 32.6 Å². The first-order chi connectivity index (χ1) is 19.9. The monoisotopic (exact) mass is 584 g/mol. The van der Waals surface area contributed by atoms with Gasteiger partial charge < -0.3 is 19.7 Å². The second kappa shape index (κ2) is 10.6. The molecule has 41 heavy (non-hydrogen) atoms. The van der Waals surface area contributed by atoms with Gasteiger partial charge in [0.2, 0.25) is 0 Å². The zero-order valence-corrected chi connectivity index (χ0v) is 23.7. The highest BCUT2D eigenvalue weighted by Crippen LogP contribution is 2.47. The number of ether oxygens (including phenoxy) is 2. The zero-order chi connectivity index (χ0) is 28.2. The molecule has 4 aromatic rings. The van der Waals surface area contributed by atoms with Crippen molar-refractivity contribution in [1.82, 2.24) is 25.0 Å². The molecule has 3 aromatic heterocycles. The summed E-state index contributed by atoms with van der Waals surface area (Å²) in [6, 6.07) is 6.45. The van der Waals surface area contributed by atoms with E-state index in [0.29, 0.717) is 36.6 Å². The number of pyridine rings is 1. The van der Waals surface area contributed by atoms with Crippen molar-refractivity contribution in [3.05, 3.63) is 47.0 Å². The third-order valence-corrected chi connectivity index (χ3v) is 9.15. The lowest BCUT2D eigenvalue weighted by molar-refractivity contribution is 0.0171. The zero-order valence-electron chi connectivity index (χ0n) is 22.9. The number of rotatable bonds is 8. The summed E-state index contributed by atoms with van der Waals surface area (Å²) in [6.07, 6.45) is -0.744. The number of nitrogens with zero attached hydrogens (tertiary/aromatic N) is 5. The van der Waals surface area contributed by atoms with Gasteiger partial charge in [-0.15, -0.1) is 11.3 Å². The van der Waals surface area contributed by atoms with E-state index in [2.05, 4.69) is 22.0 Å². The molecule has 1 aromatic carbocycles. The summed E-state index contributed by atoms with van der Waals surface area (Å²) < 4.78 is 57.5. The Morgan fingerprint density at radius 1 is 1.10 bits per heavy atom. The van der Waals surface area contributed by atoms with Crippen LogP contribution >= 0.6 is 11.3 Å². The van der Waals surface area contributed by atoms with E-state index in [9.17, 15) is 8.78 Å². The number of likely N-dealkylation sites (tertiary alicyclic amines) is 1. The molecule has 1 N–H and O–H groups in total. The number of halogens is 3. The Morgan fingerprint density at radius 3 is 2.68 bits per heavy atom. The second-order valence-electron chi connectivity index (χ2n) is 10.9. The lowest BCUT2D eigenvalue weighted by Gasteiger charge is -2.50. The second-order valence-corrected chi connectivity index (χ2v) is 11.8. The van der Waals surface area contributed by atoms with Crippen molar-refractivity contribution in [2.24, 2.45) is 0 Å². The first-order valence-electron chi connectivity index (χ1n) is 13.9. The van der Waals surface area contributed by atoms with Crippen LogP contribution in [-0.4, -0.2) is 84.9 Å². The predicted octanol–water partition coefficient (Wildman–Crippen LogP) is 4.64. The summed E-state index contributed by atoms with van der Waals surface area (Å²) >= 11 is 1.48. The van der Waals surface area contributed by atoms with Gasteiger partial charge in [0.15, 0.2) is 0 Å². The van der Waals surface area contributed by atoms with Gasteiger partial charge >= 0.3 is 0 Å². The molecule has 3 aliphatic heterocycles. The molecule has 6 heterocycles. The van der Waals surface area contributed by atoms with Gasteiger partial charge in [0, 0.05) is 79.7 Å². The minimum atomic E-state index is -0.744. The van der Waals surface area contributed by atoms with Crippen LogP contribution in [0.5, 0.6) is 5.75 Å². The van der Waals surface area contributed by atoms with Crippen molar-refractivity contribution in [2.75, 3.05) is 57.9 Å². The third kappa shape index (κ3) is 4.66. The fourth-order valence-electron chi connectivity index (χ4n) is 5.99. The Bertz CT molecular complexity index is 1600. The van der Waals surface area contributed by atoms with Gasteiger partial charge in [-0.2, -0.15) is 5.10 Å². The molecule has 216 valence electrons. The number of aromatic nitrogens is 3. The molecular formula is C29H31F3N6O2S. The summed E-state index contributed by atoms with van der Waals surface area (Å²) in [7, 11) is 1.54. The smallest absolute Gasteiger partial charge is 0.138 e. The number of hydrogen-bond acceptors (Lipinski definition) is 8. The highest BCUT2D eigenvalue weighted by molar-refractivity contribution is 7.18. The van der Waals surface area contributed by atoms with Gasteiger partial charge in [-0.25, -0.2) is 18.2 Å². The molecular weight excluding hydrogens is 553 g/mol. The maximum atomic E-state index is 15.8. The summed E-state index contributed by atoms with van der Waals surface area (Å²) in [6.45, 7) is 6.41. The van der Waals surface area contributed by atoms with E-state index in [1.807, 2.05) is 22.2 Å². The topological polar surface area (TPSA) is 67.7 Å². The number of anilines is 1.